The van der Waals surface area contributed by atoms with Gasteiger partial charge in [-0.25, -0.2) is 0 Å². The summed E-state index contributed by atoms with van der Waals surface area (Å²) in [6, 6.07) is 9.07. The van der Waals surface area contributed by atoms with Crippen LogP contribution in [-0.2, 0) is 19.4 Å². The van der Waals surface area contributed by atoms with Crippen molar-refractivity contribution in [3.8, 4) is 23.0 Å². The first-order chi connectivity index (χ1) is 12.8. The van der Waals surface area contributed by atoms with E-state index in [4.69, 9.17) is 18.9 Å². The minimum atomic E-state index is 0.333. The molecule has 0 fully saturated rings. The number of aryl methyl sites for hydroxylation is 1. The van der Waals surface area contributed by atoms with Crippen molar-refractivity contribution in [3.05, 3.63) is 46.5 Å². The summed E-state index contributed by atoms with van der Waals surface area (Å²) in [7, 11) is 3.40. The summed E-state index contributed by atoms with van der Waals surface area (Å²) in [6.45, 7) is 2.34. The maximum absolute atomic E-state index is 5.58. The first-order valence-corrected chi connectivity index (χ1v) is 9.17. The Balaban J connectivity index is 1.52. The van der Waals surface area contributed by atoms with Crippen molar-refractivity contribution in [1.82, 2.24) is 4.90 Å². The average molecular weight is 353 g/mol. The minimum Gasteiger partial charge on any atom is -0.493 e. The predicted octanol–water partition coefficient (Wildman–Crippen LogP) is 3.48. The van der Waals surface area contributed by atoms with Gasteiger partial charge in [-0.3, -0.25) is 4.90 Å². The molecule has 3 heterocycles. The van der Waals surface area contributed by atoms with Gasteiger partial charge in [-0.2, -0.15) is 0 Å². The van der Waals surface area contributed by atoms with Crippen LogP contribution in [0.5, 0.6) is 23.0 Å². The average Bonchev–Trinajstić information content (AvgIpc) is 3.04. The molecule has 0 aliphatic carbocycles. The number of methoxy groups -OCH3 is 2. The first kappa shape index (κ1) is 15.8. The third-order valence-corrected chi connectivity index (χ3v) is 5.87. The van der Waals surface area contributed by atoms with E-state index < -0.39 is 0 Å². The second-order valence-corrected chi connectivity index (χ2v) is 7.16. The monoisotopic (exact) mass is 353 g/mol. The number of hydrogen-bond donors (Lipinski definition) is 0. The molecule has 2 aromatic carbocycles. The fraction of sp³-hybridized carbons (Fsp3) is 0.429. The molecule has 0 bridgehead atoms. The molecule has 0 N–H and O–H groups in total. The lowest BCUT2D eigenvalue weighted by atomic mass is 9.89. The number of fused-ring (bicyclic) bond motifs is 5. The van der Waals surface area contributed by atoms with E-state index in [0.717, 1.165) is 55.4 Å². The molecule has 0 amide bonds. The molecule has 5 heteroatoms. The lowest BCUT2D eigenvalue weighted by Gasteiger charge is -2.36. The Labute approximate surface area is 153 Å². The molecule has 0 spiro atoms. The van der Waals surface area contributed by atoms with Crippen LogP contribution in [0.15, 0.2) is 24.3 Å². The largest absolute Gasteiger partial charge is 0.493 e. The van der Waals surface area contributed by atoms with E-state index in [2.05, 4.69) is 29.2 Å². The Bertz CT molecular complexity index is 864. The van der Waals surface area contributed by atoms with E-state index >= 15 is 0 Å². The smallest absolute Gasteiger partial charge is 0.231 e. The van der Waals surface area contributed by atoms with Gasteiger partial charge >= 0.3 is 0 Å². The van der Waals surface area contributed by atoms with Crippen molar-refractivity contribution >= 4 is 0 Å². The molecule has 3 aliphatic heterocycles. The van der Waals surface area contributed by atoms with Crippen LogP contribution >= 0.6 is 0 Å². The fourth-order valence-corrected chi connectivity index (χ4v) is 4.52. The number of ether oxygens (including phenoxy) is 4. The molecule has 5 rings (SSSR count). The van der Waals surface area contributed by atoms with Crippen LogP contribution in [0.4, 0.5) is 0 Å². The van der Waals surface area contributed by atoms with Crippen LogP contribution in [0.1, 0.15) is 34.7 Å². The van der Waals surface area contributed by atoms with E-state index in [1.54, 1.807) is 14.2 Å². The summed E-state index contributed by atoms with van der Waals surface area (Å²) in [4.78, 5) is 2.59. The van der Waals surface area contributed by atoms with Crippen LogP contribution in [-0.4, -0.2) is 32.5 Å². The molecule has 5 nitrogen and oxygen atoms in total. The van der Waals surface area contributed by atoms with Gasteiger partial charge in [0.1, 0.15) is 0 Å². The van der Waals surface area contributed by atoms with Crippen LogP contribution in [0.3, 0.4) is 0 Å². The predicted molar refractivity (Wildman–Crippen MR) is 97.3 cm³/mol. The Morgan fingerprint density at radius 2 is 1.62 bits per heavy atom. The lowest BCUT2D eigenvalue weighted by Crippen LogP contribution is -2.34. The van der Waals surface area contributed by atoms with E-state index in [0.29, 0.717) is 12.8 Å². The summed E-state index contributed by atoms with van der Waals surface area (Å²) in [5, 5.41) is 0. The second kappa shape index (κ2) is 6.09. The lowest BCUT2D eigenvalue weighted by molar-refractivity contribution is 0.170. The standard InChI is InChI=1S/C21H23NO4/c1-23-18-8-14-5-6-22-11-15-9-21-20(25-12-26-21)7-13(15)3-4-17(22)16(14)10-19(18)24-2/h7-10,17H,3-6,11-12H2,1-2H3/t17-/m0/s1. The second-order valence-electron chi connectivity index (χ2n) is 7.16. The molecule has 136 valence electrons. The zero-order chi connectivity index (χ0) is 17.7. The van der Waals surface area contributed by atoms with Crippen molar-refractivity contribution in [2.24, 2.45) is 0 Å². The third-order valence-electron chi connectivity index (χ3n) is 5.87. The maximum Gasteiger partial charge on any atom is 0.231 e. The zero-order valence-electron chi connectivity index (χ0n) is 15.2. The van der Waals surface area contributed by atoms with Gasteiger partial charge in [0.15, 0.2) is 23.0 Å². The van der Waals surface area contributed by atoms with Crippen LogP contribution in [0.2, 0.25) is 0 Å². The quantitative estimate of drug-likeness (QED) is 0.827. The molecule has 3 aliphatic rings. The van der Waals surface area contributed by atoms with Gasteiger partial charge in [-0.15, -0.1) is 0 Å². The highest BCUT2D eigenvalue weighted by Gasteiger charge is 2.32. The Kier molecular flexibility index (Phi) is 3.71. The normalized spacial score (nSPS) is 20.6. The van der Waals surface area contributed by atoms with Crippen molar-refractivity contribution in [2.45, 2.75) is 31.8 Å². The molecule has 0 aromatic heterocycles. The SMILES string of the molecule is COc1cc2c(cc1OC)[C@@H]1CCc3cc4c(cc3CN1CC2)OCO4. The fourth-order valence-electron chi connectivity index (χ4n) is 4.52. The summed E-state index contributed by atoms with van der Waals surface area (Å²) >= 11 is 0. The highest BCUT2D eigenvalue weighted by molar-refractivity contribution is 5.51. The van der Waals surface area contributed by atoms with Gasteiger partial charge in [-0.05, 0) is 65.8 Å². The third kappa shape index (κ3) is 2.42. The summed E-state index contributed by atoms with van der Waals surface area (Å²) in [6.07, 6.45) is 3.17. The molecule has 0 saturated carbocycles. The van der Waals surface area contributed by atoms with Gasteiger partial charge in [0.05, 0.1) is 14.2 Å². The van der Waals surface area contributed by atoms with Gasteiger partial charge in [0.2, 0.25) is 6.79 Å². The van der Waals surface area contributed by atoms with E-state index in [9.17, 15) is 0 Å². The minimum absolute atomic E-state index is 0.333. The van der Waals surface area contributed by atoms with Crippen LogP contribution < -0.4 is 18.9 Å². The van der Waals surface area contributed by atoms with E-state index in [1.165, 1.54) is 22.3 Å². The van der Waals surface area contributed by atoms with Crippen molar-refractivity contribution in [3.63, 3.8) is 0 Å². The number of benzene rings is 2. The molecular weight excluding hydrogens is 330 g/mol. The topological polar surface area (TPSA) is 40.2 Å². The summed E-state index contributed by atoms with van der Waals surface area (Å²) in [5.74, 6) is 3.40. The molecule has 2 aromatic rings. The summed E-state index contributed by atoms with van der Waals surface area (Å²) < 4.78 is 22.2. The summed E-state index contributed by atoms with van der Waals surface area (Å²) in [5.41, 5.74) is 5.50. The number of nitrogens with zero attached hydrogens (tertiary/aromatic N) is 1. The Hall–Kier alpha value is -2.40. The highest BCUT2D eigenvalue weighted by atomic mass is 16.7. The molecule has 1 atom stereocenters. The van der Waals surface area contributed by atoms with Gasteiger partial charge < -0.3 is 18.9 Å². The van der Waals surface area contributed by atoms with Crippen LogP contribution in [0.25, 0.3) is 0 Å². The number of rotatable bonds is 2. The molecule has 0 radical (unpaired) electrons. The number of hydrogen-bond acceptors (Lipinski definition) is 5. The maximum atomic E-state index is 5.58. The first-order valence-electron chi connectivity index (χ1n) is 9.17. The van der Waals surface area contributed by atoms with E-state index in [1.807, 2.05) is 0 Å². The molecule has 0 saturated heterocycles. The van der Waals surface area contributed by atoms with Crippen LogP contribution in [0, 0.1) is 0 Å². The zero-order valence-corrected chi connectivity index (χ0v) is 15.2. The molecule has 0 unspecified atom stereocenters. The van der Waals surface area contributed by atoms with Gasteiger partial charge in [0, 0.05) is 19.1 Å². The van der Waals surface area contributed by atoms with Gasteiger partial charge in [-0.1, -0.05) is 0 Å². The van der Waals surface area contributed by atoms with Gasteiger partial charge in [0.25, 0.3) is 0 Å². The van der Waals surface area contributed by atoms with Crippen molar-refractivity contribution < 1.29 is 18.9 Å². The Morgan fingerprint density at radius 3 is 2.38 bits per heavy atom. The molecule has 26 heavy (non-hydrogen) atoms. The van der Waals surface area contributed by atoms with Crippen molar-refractivity contribution in [2.75, 3.05) is 27.6 Å². The van der Waals surface area contributed by atoms with E-state index in [-0.39, 0.29) is 0 Å². The molecular formula is C21H23NO4. The Morgan fingerprint density at radius 1 is 0.885 bits per heavy atom. The van der Waals surface area contributed by atoms with Crippen molar-refractivity contribution in [1.29, 1.82) is 0 Å². The highest BCUT2D eigenvalue weighted by Crippen LogP contribution is 2.44.